The van der Waals surface area contributed by atoms with E-state index in [1.165, 1.54) is 4.31 Å². The Hall–Kier alpha value is -2.65. The van der Waals surface area contributed by atoms with Crippen molar-refractivity contribution in [2.45, 2.75) is 57.8 Å². The second-order valence-electron chi connectivity index (χ2n) is 9.47. The summed E-state index contributed by atoms with van der Waals surface area (Å²) in [6, 6.07) is 7.61. The topological polar surface area (TPSA) is 103 Å². The third-order valence-corrected chi connectivity index (χ3v) is 8.99. The Kier molecular flexibility index (Phi) is 7.14. The number of carbonyl (C=O) groups excluding carboxylic acids is 2. The molecule has 0 atom stereocenters. The second kappa shape index (κ2) is 9.92. The number of anilines is 1. The van der Waals surface area contributed by atoms with E-state index in [0.29, 0.717) is 37.3 Å². The number of H-pyrrole nitrogens is 1. The fourth-order valence-corrected chi connectivity index (χ4v) is 6.85. The minimum Gasteiger partial charge on any atom is -0.361 e. The van der Waals surface area contributed by atoms with E-state index in [2.05, 4.69) is 10.3 Å². The van der Waals surface area contributed by atoms with Crippen LogP contribution < -0.4 is 5.32 Å². The molecule has 0 spiro atoms. The van der Waals surface area contributed by atoms with Crippen molar-refractivity contribution in [2.75, 3.05) is 31.5 Å². The maximum absolute atomic E-state index is 13.7. The minimum atomic E-state index is -3.88. The van der Waals surface area contributed by atoms with Crippen LogP contribution in [0, 0.1) is 26.7 Å². The molecule has 2 N–H and O–H groups in total. The molecule has 3 heterocycles. The molecule has 0 aliphatic carbocycles. The molecule has 2 fully saturated rings. The minimum absolute atomic E-state index is 0.0862. The van der Waals surface area contributed by atoms with E-state index < -0.39 is 10.0 Å². The highest BCUT2D eigenvalue weighted by Crippen LogP contribution is 2.31. The Labute approximate surface area is 201 Å². The summed E-state index contributed by atoms with van der Waals surface area (Å²) in [6.07, 6.45) is 3.85. The number of likely N-dealkylation sites (tertiary alicyclic amines) is 1. The molecule has 34 heavy (non-hydrogen) atoms. The average Bonchev–Trinajstić information content (AvgIpc) is 3.14. The van der Waals surface area contributed by atoms with Gasteiger partial charge in [-0.1, -0.05) is 17.7 Å². The Morgan fingerprint density at radius 3 is 2.15 bits per heavy atom. The average molecular weight is 487 g/mol. The quantitative estimate of drug-likeness (QED) is 0.674. The van der Waals surface area contributed by atoms with Crippen molar-refractivity contribution >= 4 is 27.5 Å². The Bertz CT molecular complexity index is 1160. The van der Waals surface area contributed by atoms with Crippen LogP contribution in [0.2, 0.25) is 0 Å². The number of aromatic amines is 1. The van der Waals surface area contributed by atoms with Crippen molar-refractivity contribution in [1.29, 1.82) is 0 Å². The molecule has 1 aromatic heterocycles. The van der Waals surface area contributed by atoms with Gasteiger partial charge < -0.3 is 15.2 Å². The second-order valence-corrected chi connectivity index (χ2v) is 11.3. The highest BCUT2D eigenvalue weighted by Gasteiger charge is 2.38. The maximum Gasteiger partial charge on any atom is 0.257 e. The van der Waals surface area contributed by atoms with Gasteiger partial charge in [-0.3, -0.25) is 9.59 Å². The first-order chi connectivity index (χ1) is 16.2. The van der Waals surface area contributed by atoms with E-state index in [4.69, 9.17) is 0 Å². The predicted octanol–water partition coefficient (Wildman–Crippen LogP) is 3.61. The molecule has 4 rings (SSSR count). The SMILES string of the molecule is Cc1ccc(NC(=O)C2CCN(S(=O)(=O)c3c(C)[nH]c(C)c3C(=O)N3CCCCC3)CC2)cc1. The van der Waals surface area contributed by atoms with Crippen LogP contribution in [-0.2, 0) is 14.8 Å². The van der Waals surface area contributed by atoms with Gasteiger partial charge in [0.25, 0.3) is 5.91 Å². The van der Waals surface area contributed by atoms with Gasteiger partial charge in [0.15, 0.2) is 0 Å². The van der Waals surface area contributed by atoms with E-state index in [0.717, 1.165) is 30.5 Å². The summed E-state index contributed by atoms with van der Waals surface area (Å²) in [5, 5.41) is 2.93. The number of carbonyl (C=O) groups is 2. The zero-order valence-corrected chi connectivity index (χ0v) is 21.0. The smallest absolute Gasteiger partial charge is 0.257 e. The van der Waals surface area contributed by atoms with E-state index in [1.807, 2.05) is 31.2 Å². The largest absolute Gasteiger partial charge is 0.361 e. The fourth-order valence-electron chi connectivity index (χ4n) is 4.96. The van der Waals surface area contributed by atoms with Crippen LogP contribution in [0.1, 0.15) is 59.4 Å². The number of benzene rings is 1. The zero-order chi connectivity index (χ0) is 24.5. The molecule has 0 unspecified atom stereocenters. The number of nitrogens with one attached hydrogen (secondary N) is 2. The molecular formula is C25H34N4O4S. The number of rotatable bonds is 5. The number of aromatic nitrogens is 1. The van der Waals surface area contributed by atoms with Gasteiger partial charge in [-0.15, -0.1) is 0 Å². The van der Waals surface area contributed by atoms with Crippen LogP contribution in [-0.4, -0.2) is 60.6 Å². The Morgan fingerprint density at radius 2 is 1.53 bits per heavy atom. The van der Waals surface area contributed by atoms with Gasteiger partial charge in [0, 0.05) is 49.2 Å². The van der Waals surface area contributed by atoms with E-state index in [9.17, 15) is 18.0 Å². The number of sulfonamides is 1. The van der Waals surface area contributed by atoms with Gasteiger partial charge in [-0.05, 0) is 65.0 Å². The van der Waals surface area contributed by atoms with Crippen LogP contribution in [0.4, 0.5) is 5.69 Å². The molecular weight excluding hydrogens is 452 g/mol. The molecule has 2 saturated heterocycles. The van der Waals surface area contributed by atoms with Crippen molar-refractivity contribution in [3.05, 3.63) is 46.8 Å². The fraction of sp³-hybridized carbons (Fsp3) is 0.520. The van der Waals surface area contributed by atoms with Crippen molar-refractivity contribution < 1.29 is 18.0 Å². The van der Waals surface area contributed by atoms with E-state index in [1.54, 1.807) is 18.7 Å². The maximum atomic E-state index is 13.7. The lowest BCUT2D eigenvalue weighted by molar-refractivity contribution is -0.120. The summed E-state index contributed by atoms with van der Waals surface area (Å²) >= 11 is 0. The number of aryl methyl sites for hydroxylation is 3. The zero-order valence-electron chi connectivity index (χ0n) is 20.2. The van der Waals surface area contributed by atoms with Crippen LogP contribution in [0.5, 0.6) is 0 Å². The van der Waals surface area contributed by atoms with Crippen molar-refractivity contribution in [3.8, 4) is 0 Å². The summed E-state index contributed by atoms with van der Waals surface area (Å²) in [6.45, 7) is 7.25. The third kappa shape index (κ3) is 4.90. The molecule has 184 valence electrons. The van der Waals surface area contributed by atoms with Gasteiger partial charge in [-0.2, -0.15) is 4.31 Å². The molecule has 2 aliphatic rings. The molecule has 2 aliphatic heterocycles. The van der Waals surface area contributed by atoms with Gasteiger partial charge >= 0.3 is 0 Å². The lowest BCUT2D eigenvalue weighted by Gasteiger charge is -2.31. The number of nitrogens with zero attached hydrogens (tertiary/aromatic N) is 2. The normalized spacial score (nSPS) is 18.1. The van der Waals surface area contributed by atoms with Gasteiger partial charge in [0.2, 0.25) is 15.9 Å². The number of piperidine rings is 2. The molecule has 8 nitrogen and oxygen atoms in total. The van der Waals surface area contributed by atoms with Crippen LogP contribution in [0.3, 0.4) is 0 Å². The van der Waals surface area contributed by atoms with Crippen LogP contribution in [0.25, 0.3) is 0 Å². The van der Waals surface area contributed by atoms with Gasteiger partial charge in [0.05, 0.1) is 5.56 Å². The standard InChI is InChI=1S/C25H34N4O4S/c1-17-7-9-21(10-8-17)27-24(30)20-11-15-29(16-12-20)34(32,33)23-19(3)26-18(2)22(23)25(31)28-13-5-4-6-14-28/h7-10,20,26H,4-6,11-16H2,1-3H3,(H,27,30). The Balaban J connectivity index is 1.48. The molecule has 9 heteroatoms. The first-order valence-electron chi connectivity index (χ1n) is 12.0. The summed E-state index contributed by atoms with van der Waals surface area (Å²) in [5.41, 5.74) is 3.18. The lowest BCUT2D eigenvalue weighted by Crippen LogP contribution is -2.42. The molecule has 0 saturated carbocycles. The molecule has 2 aromatic rings. The summed E-state index contributed by atoms with van der Waals surface area (Å²) in [7, 11) is -3.88. The van der Waals surface area contributed by atoms with Gasteiger partial charge in [-0.25, -0.2) is 8.42 Å². The number of hydrogen-bond donors (Lipinski definition) is 2. The molecule has 1 aromatic carbocycles. The van der Waals surface area contributed by atoms with Crippen molar-refractivity contribution in [2.24, 2.45) is 5.92 Å². The Morgan fingerprint density at radius 1 is 0.912 bits per heavy atom. The van der Waals surface area contributed by atoms with E-state index >= 15 is 0 Å². The number of hydrogen-bond acceptors (Lipinski definition) is 4. The highest BCUT2D eigenvalue weighted by atomic mass is 32.2. The van der Waals surface area contributed by atoms with Crippen molar-refractivity contribution in [3.63, 3.8) is 0 Å². The monoisotopic (exact) mass is 486 g/mol. The van der Waals surface area contributed by atoms with Crippen LogP contribution >= 0.6 is 0 Å². The first-order valence-corrected chi connectivity index (χ1v) is 13.5. The third-order valence-electron chi connectivity index (χ3n) is 6.92. The molecule has 0 bridgehead atoms. The van der Waals surface area contributed by atoms with Crippen LogP contribution in [0.15, 0.2) is 29.2 Å². The summed E-state index contributed by atoms with van der Waals surface area (Å²) < 4.78 is 28.7. The lowest BCUT2D eigenvalue weighted by atomic mass is 9.97. The summed E-state index contributed by atoms with van der Waals surface area (Å²) in [5.74, 6) is -0.556. The van der Waals surface area contributed by atoms with Crippen molar-refractivity contribution in [1.82, 2.24) is 14.2 Å². The molecule has 0 radical (unpaired) electrons. The highest BCUT2D eigenvalue weighted by molar-refractivity contribution is 7.89. The van der Waals surface area contributed by atoms with Gasteiger partial charge in [0.1, 0.15) is 4.90 Å². The summed E-state index contributed by atoms with van der Waals surface area (Å²) in [4.78, 5) is 30.9. The van der Waals surface area contributed by atoms with E-state index in [-0.39, 0.29) is 41.3 Å². The first kappa shape index (κ1) is 24.5. The molecule has 2 amide bonds. The predicted molar refractivity (Wildman–Crippen MR) is 131 cm³/mol. The number of amides is 2.